The van der Waals surface area contributed by atoms with Gasteiger partial charge in [-0.1, -0.05) is 18.2 Å². The molecule has 1 aromatic carbocycles. The average molecular weight is 401 g/mol. The lowest BCUT2D eigenvalue weighted by Crippen LogP contribution is -2.54. The zero-order valence-electron chi connectivity index (χ0n) is 17.2. The SMILES string of the molecule is O=c1cc(CNc2ccccc2NC23CC4CC(CC(C4)C2)C3)nc2ccccn12. The molecule has 154 valence electrons. The summed E-state index contributed by atoms with van der Waals surface area (Å²) >= 11 is 0. The molecular formula is C25H28N4O. The predicted octanol–water partition coefficient (Wildman–Crippen LogP) is 4.69. The number of hydrogen-bond acceptors (Lipinski definition) is 4. The van der Waals surface area contributed by atoms with E-state index in [1.165, 1.54) is 44.2 Å². The van der Waals surface area contributed by atoms with Crippen molar-refractivity contribution >= 4 is 17.0 Å². The van der Waals surface area contributed by atoms with Gasteiger partial charge in [-0.15, -0.1) is 0 Å². The van der Waals surface area contributed by atoms with Crippen LogP contribution < -0.4 is 16.2 Å². The monoisotopic (exact) mass is 400 g/mol. The summed E-state index contributed by atoms with van der Waals surface area (Å²) in [4.78, 5) is 17.0. The third kappa shape index (κ3) is 3.17. The number of nitrogens with one attached hydrogen (secondary N) is 2. The molecule has 5 nitrogen and oxygen atoms in total. The molecule has 0 amide bonds. The first-order chi connectivity index (χ1) is 14.7. The first-order valence-corrected chi connectivity index (χ1v) is 11.2. The molecular weight excluding hydrogens is 372 g/mol. The van der Waals surface area contributed by atoms with Gasteiger partial charge in [-0.2, -0.15) is 0 Å². The highest BCUT2D eigenvalue weighted by Crippen LogP contribution is 2.56. The average Bonchev–Trinajstić information content (AvgIpc) is 2.72. The number of fused-ring (bicyclic) bond motifs is 1. The zero-order chi connectivity index (χ0) is 20.1. The molecule has 0 saturated heterocycles. The van der Waals surface area contributed by atoms with Gasteiger partial charge in [0.25, 0.3) is 5.56 Å². The summed E-state index contributed by atoms with van der Waals surface area (Å²) in [5, 5.41) is 7.51. The van der Waals surface area contributed by atoms with Crippen molar-refractivity contribution in [3.63, 3.8) is 0 Å². The molecule has 0 atom stereocenters. The van der Waals surface area contributed by atoms with E-state index in [2.05, 4.69) is 39.9 Å². The molecule has 0 unspecified atom stereocenters. The Bertz CT molecular complexity index is 1120. The Hall–Kier alpha value is -2.82. The number of nitrogens with zero attached hydrogens (tertiary/aromatic N) is 2. The van der Waals surface area contributed by atoms with E-state index < -0.39 is 0 Å². The fourth-order valence-corrected chi connectivity index (χ4v) is 6.68. The van der Waals surface area contributed by atoms with Gasteiger partial charge < -0.3 is 10.6 Å². The summed E-state index contributed by atoms with van der Waals surface area (Å²) in [6.45, 7) is 0.528. The van der Waals surface area contributed by atoms with Crippen molar-refractivity contribution in [2.45, 2.75) is 50.6 Å². The van der Waals surface area contributed by atoms with Crippen LogP contribution in [0.2, 0.25) is 0 Å². The van der Waals surface area contributed by atoms with Crippen LogP contribution >= 0.6 is 0 Å². The largest absolute Gasteiger partial charge is 0.378 e. The molecule has 4 aliphatic carbocycles. The number of para-hydroxylation sites is 2. The number of hydrogen-bond donors (Lipinski definition) is 2. The van der Waals surface area contributed by atoms with E-state index in [0.29, 0.717) is 12.2 Å². The Morgan fingerprint density at radius 3 is 2.33 bits per heavy atom. The fraction of sp³-hybridized carbons (Fsp3) is 0.440. The summed E-state index contributed by atoms with van der Waals surface area (Å²) in [6.07, 6.45) is 10.0. The highest BCUT2D eigenvalue weighted by atomic mass is 16.1. The molecule has 2 N–H and O–H groups in total. The lowest BCUT2D eigenvalue weighted by atomic mass is 9.53. The molecule has 4 saturated carbocycles. The van der Waals surface area contributed by atoms with E-state index in [1.54, 1.807) is 16.7 Å². The van der Waals surface area contributed by atoms with Crippen LogP contribution in [0.3, 0.4) is 0 Å². The summed E-state index contributed by atoms with van der Waals surface area (Å²) in [5.74, 6) is 2.75. The lowest BCUT2D eigenvalue weighted by Gasteiger charge is -2.57. The molecule has 0 radical (unpaired) electrons. The summed E-state index contributed by atoms with van der Waals surface area (Å²) in [5.41, 5.74) is 3.93. The van der Waals surface area contributed by atoms with Crippen molar-refractivity contribution in [3.8, 4) is 0 Å². The van der Waals surface area contributed by atoms with Gasteiger partial charge in [-0.3, -0.25) is 9.20 Å². The van der Waals surface area contributed by atoms with E-state index in [1.807, 2.05) is 18.2 Å². The van der Waals surface area contributed by atoms with Crippen LogP contribution in [0.25, 0.3) is 5.65 Å². The molecule has 7 rings (SSSR count). The van der Waals surface area contributed by atoms with Crippen LogP contribution in [-0.4, -0.2) is 14.9 Å². The summed E-state index contributed by atoms with van der Waals surface area (Å²) < 4.78 is 1.58. The predicted molar refractivity (Wildman–Crippen MR) is 120 cm³/mol. The maximum absolute atomic E-state index is 12.4. The van der Waals surface area contributed by atoms with Crippen LogP contribution in [0.5, 0.6) is 0 Å². The number of aromatic nitrogens is 2. The van der Waals surface area contributed by atoms with Crippen molar-refractivity contribution in [2.75, 3.05) is 10.6 Å². The number of rotatable bonds is 5. The van der Waals surface area contributed by atoms with Gasteiger partial charge in [0.05, 0.1) is 23.6 Å². The van der Waals surface area contributed by atoms with E-state index >= 15 is 0 Å². The highest BCUT2D eigenvalue weighted by molar-refractivity contribution is 5.69. The molecule has 30 heavy (non-hydrogen) atoms. The van der Waals surface area contributed by atoms with E-state index in [0.717, 1.165) is 29.1 Å². The zero-order valence-corrected chi connectivity index (χ0v) is 17.2. The third-order valence-corrected chi connectivity index (χ3v) is 7.45. The minimum atomic E-state index is -0.0441. The molecule has 4 fully saturated rings. The maximum atomic E-state index is 12.4. The topological polar surface area (TPSA) is 58.4 Å². The van der Waals surface area contributed by atoms with Gasteiger partial charge in [-0.05, 0) is 80.5 Å². The molecule has 0 aliphatic heterocycles. The number of benzene rings is 1. The molecule has 5 heteroatoms. The van der Waals surface area contributed by atoms with Gasteiger partial charge in [0.15, 0.2) is 0 Å². The van der Waals surface area contributed by atoms with E-state index in [9.17, 15) is 4.79 Å². The lowest BCUT2D eigenvalue weighted by molar-refractivity contribution is 0.0107. The third-order valence-electron chi connectivity index (χ3n) is 7.45. The smallest absolute Gasteiger partial charge is 0.258 e. The van der Waals surface area contributed by atoms with Gasteiger partial charge in [-0.25, -0.2) is 4.98 Å². The minimum Gasteiger partial charge on any atom is -0.378 e. The standard InChI is InChI=1S/C25H28N4O/c30-24-12-20(27-23-7-3-4-8-29(23)24)16-26-21-5-1-2-6-22(21)28-25-13-17-9-18(14-25)11-19(10-17)15-25/h1-8,12,17-19,26,28H,9-11,13-16H2. The second-order valence-corrected chi connectivity index (χ2v) is 9.74. The van der Waals surface area contributed by atoms with Crippen molar-refractivity contribution in [1.29, 1.82) is 0 Å². The second-order valence-electron chi connectivity index (χ2n) is 9.74. The highest BCUT2D eigenvalue weighted by Gasteiger charge is 2.51. The fourth-order valence-electron chi connectivity index (χ4n) is 6.68. The normalized spacial score (nSPS) is 29.3. The van der Waals surface area contributed by atoms with Gasteiger partial charge in [0, 0.05) is 17.8 Å². The molecule has 3 aromatic rings. The van der Waals surface area contributed by atoms with Gasteiger partial charge >= 0.3 is 0 Å². The van der Waals surface area contributed by atoms with Crippen LogP contribution in [-0.2, 0) is 6.54 Å². The van der Waals surface area contributed by atoms with Crippen LogP contribution in [0.15, 0.2) is 59.5 Å². The van der Waals surface area contributed by atoms with Crippen LogP contribution in [0.1, 0.15) is 44.2 Å². The quantitative estimate of drug-likeness (QED) is 0.652. The Morgan fingerprint density at radius 2 is 1.60 bits per heavy atom. The van der Waals surface area contributed by atoms with Crippen LogP contribution in [0, 0.1) is 17.8 Å². The van der Waals surface area contributed by atoms with Crippen molar-refractivity contribution in [3.05, 3.63) is 70.8 Å². The van der Waals surface area contributed by atoms with E-state index in [4.69, 9.17) is 0 Å². The Kier molecular flexibility index (Phi) is 4.12. The Labute approximate surface area is 176 Å². The van der Waals surface area contributed by atoms with Gasteiger partial charge in [0.1, 0.15) is 5.65 Å². The number of pyridine rings is 1. The van der Waals surface area contributed by atoms with Crippen molar-refractivity contribution in [1.82, 2.24) is 9.38 Å². The van der Waals surface area contributed by atoms with Crippen LogP contribution in [0.4, 0.5) is 11.4 Å². The minimum absolute atomic E-state index is 0.0441. The van der Waals surface area contributed by atoms with Crippen molar-refractivity contribution in [2.24, 2.45) is 17.8 Å². The summed E-state index contributed by atoms with van der Waals surface area (Å²) in [6, 6.07) is 15.7. The number of anilines is 2. The van der Waals surface area contributed by atoms with Gasteiger partial charge in [0.2, 0.25) is 0 Å². The molecule has 2 aromatic heterocycles. The molecule has 0 spiro atoms. The van der Waals surface area contributed by atoms with E-state index in [-0.39, 0.29) is 11.1 Å². The Balaban J connectivity index is 1.23. The summed E-state index contributed by atoms with van der Waals surface area (Å²) in [7, 11) is 0. The van der Waals surface area contributed by atoms with Crippen molar-refractivity contribution < 1.29 is 0 Å². The molecule has 4 bridgehead atoms. The maximum Gasteiger partial charge on any atom is 0.258 e. The second kappa shape index (κ2) is 6.86. The Morgan fingerprint density at radius 1 is 0.933 bits per heavy atom. The molecule has 2 heterocycles. The first kappa shape index (κ1) is 18.0. The molecule has 4 aliphatic rings. The first-order valence-electron chi connectivity index (χ1n) is 11.2.